The van der Waals surface area contributed by atoms with Gasteiger partial charge in [0.05, 0.1) is 0 Å². The molecule has 0 radical (unpaired) electrons. The first kappa shape index (κ1) is 13.6. The van der Waals surface area contributed by atoms with E-state index in [1.54, 1.807) is 0 Å². The summed E-state index contributed by atoms with van der Waals surface area (Å²) in [5.41, 5.74) is 0. The van der Waals surface area contributed by atoms with Gasteiger partial charge in [-0.3, -0.25) is 4.79 Å². The topological polar surface area (TPSA) is 26.3 Å². The van der Waals surface area contributed by atoms with Gasteiger partial charge in [-0.2, -0.15) is 0 Å². The number of hydrogen-bond donors (Lipinski definition) is 0. The van der Waals surface area contributed by atoms with Crippen LogP contribution in [0.5, 0.6) is 0 Å². The van der Waals surface area contributed by atoms with Gasteiger partial charge in [0, 0.05) is 13.0 Å². The van der Waals surface area contributed by atoms with Gasteiger partial charge >= 0.3 is 0 Å². The number of carbonyl (C=O) groups excluding carboxylic acids is 1. The van der Waals surface area contributed by atoms with Gasteiger partial charge in [0.15, 0.2) is 5.78 Å². The van der Waals surface area contributed by atoms with Crippen LogP contribution in [0.25, 0.3) is 0 Å². The summed E-state index contributed by atoms with van der Waals surface area (Å²) in [5.74, 6) is 0.963. The fourth-order valence-corrected chi connectivity index (χ4v) is 1.49. The zero-order chi connectivity index (χ0) is 11.0. The lowest BCUT2D eigenvalue weighted by Gasteiger charge is -2.13. The molecule has 0 rings (SSSR count). The molecule has 2 heteroatoms. The van der Waals surface area contributed by atoms with Crippen molar-refractivity contribution in [2.24, 2.45) is 5.92 Å². The average Bonchev–Trinajstić information content (AvgIpc) is 2.13. The van der Waals surface area contributed by atoms with E-state index in [0.29, 0.717) is 18.9 Å². The van der Waals surface area contributed by atoms with Crippen LogP contribution in [0.15, 0.2) is 0 Å². The first-order chi connectivity index (χ1) is 6.61. The maximum Gasteiger partial charge on any atom is 0.161 e. The Bertz CT molecular complexity index is 152. The molecule has 0 aromatic heterocycles. The molecule has 0 amide bonds. The predicted molar refractivity (Wildman–Crippen MR) is 59.4 cm³/mol. The Morgan fingerprint density at radius 3 is 2.36 bits per heavy atom. The molecule has 0 heterocycles. The molecule has 0 fully saturated rings. The highest BCUT2D eigenvalue weighted by Crippen LogP contribution is 2.10. The highest BCUT2D eigenvalue weighted by Gasteiger charge is 2.15. The number of rotatable bonds is 8. The second-order valence-corrected chi connectivity index (χ2v) is 4.10. The molecule has 0 spiro atoms. The largest absolute Gasteiger partial charge is 0.371 e. The fourth-order valence-electron chi connectivity index (χ4n) is 1.49. The van der Waals surface area contributed by atoms with Crippen LogP contribution in [0.3, 0.4) is 0 Å². The summed E-state index contributed by atoms with van der Waals surface area (Å²) in [5, 5.41) is 0. The van der Waals surface area contributed by atoms with E-state index < -0.39 is 0 Å². The molecule has 0 aliphatic rings. The molecule has 84 valence electrons. The fraction of sp³-hybridized carbons (Fsp3) is 0.917. The highest BCUT2D eigenvalue weighted by atomic mass is 16.5. The van der Waals surface area contributed by atoms with Gasteiger partial charge in [0.1, 0.15) is 6.10 Å². The van der Waals surface area contributed by atoms with Crippen molar-refractivity contribution in [2.75, 3.05) is 6.61 Å². The summed E-state index contributed by atoms with van der Waals surface area (Å²) < 4.78 is 5.36. The van der Waals surface area contributed by atoms with Crippen LogP contribution in [-0.2, 0) is 9.53 Å². The van der Waals surface area contributed by atoms with Crippen molar-refractivity contribution in [3.8, 4) is 0 Å². The van der Waals surface area contributed by atoms with Gasteiger partial charge < -0.3 is 4.74 Å². The smallest absolute Gasteiger partial charge is 0.161 e. The minimum atomic E-state index is -0.160. The molecule has 1 unspecified atom stereocenters. The zero-order valence-electron chi connectivity index (χ0n) is 10.0. The molecule has 0 saturated carbocycles. The van der Waals surface area contributed by atoms with Crippen molar-refractivity contribution in [1.82, 2.24) is 0 Å². The van der Waals surface area contributed by atoms with Gasteiger partial charge in [-0.15, -0.1) is 0 Å². The standard InChI is InChI=1S/C12H24O2/c1-5-12(14-6-2)11(13)9-7-8-10(3)4/h10,12H,5-9H2,1-4H3. The summed E-state index contributed by atoms with van der Waals surface area (Å²) in [6.45, 7) is 8.94. The molecule has 0 bridgehead atoms. The Morgan fingerprint density at radius 1 is 1.29 bits per heavy atom. The lowest BCUT2D eigenvalue weighted by atomic mass is 10.0. The third-order valence-electron chi connectivity index (χ3n) is 2.30. The average molecular weight is 200 g/mol. The normalized spacial score (nSPS) is 13.2. The SMILES string of the molecule is CCOC(CC)C(=O)CCCC(C)C. The second kappa shape index (κ2) is 7.98. The van der Waals surface area contributed by atoms with Gasteiger partial charge in [0.2, 0.25) is 0 Å². The molecule has 1 atom stereocenters. The highest BCUT2D eigenvalue weighted by molar-refractivity contribution is 5.82. The van der Waals surface area contributed by atoms with E-state index >= 15 is 0 Å². The van der Waals surface area contributed by atoms with Crippen LogP contribution in [-0.4, -0.2) is 18.5 Å². The minimum Gasteiger partial charge on any atom is -0.371 e. The van der Waals surface area contributed by atoms with E-state index in [9.17, 15) is 4.79 Å². The predicted octanol–water partition coefficient (Wildman–Crippen LogP) is 3.20. The number of carbonyl (C=O) groups is 1. The molecule has 0 aliphatic heterocycles. The molecule has 0 N–H and O–H groups in total. The Balaban J connectivity index is 3.69. The molecule has 14 heavy (non-hydrogen) atoms. The van der Waals surface area contributed by atoms with E-state index in [4.69, 9.17) is 4.74 Å². The quantitative estimate of drug-likeness (QED) is 0.601. The van der Waals surface area contributed by atoms with Crippen LogP contribution in [0.1, 0.15) is 53.4 Å². The van der Waals surface area contributed by atoms with Crippen LogP contribution < -0.4 is 0 Å². The van der Waals surface area contributed by atoms with E-state index in [1.807, 2.05) is 13.8 Å². The van der Waals surface area contributed by atoms with Gasteiger partial charge in [-0.1, -0.05) is 27.2 Å². The molecular weight excluding hydrogens is 176 g/mol. The van der Waals surface area contributed by atoms with Crippen molar-refractivity contribution in [2.45, 2.75) is 59.5 Å². The first-order valence-corrected chi connectivity index (χ1v) is 5.76. The molecule has 0 aromatic carbocycles. The Labute approximate surface area is 88.0 Å². The molecular formula is C12H24O2. The minimum absolute atomic E-state index is 0.160. The summed E-state index contributed by atoms with van der Waals surface area (Å²) in [7, 11) is 0. The summed E-state index contributed by atoms with van der Waals surface area (Å²) in [6, 6.07) is 0. The zero-order valence-corrected chi connectivity index (χ0v) is 10.0. The summed E-state index contributed by atoms with van der Waals surface area (Å²) in [6.07, 6.45) is 3.45. The van der Waals surface area contributed by atoms with Crippen molar-refractivity contribution in [1.29, 1.82) is 0 Å². The number of hydrogen-bond acceptors (Lipinski definition) is 2. The molecule has 2 nitrogen and oxygen atoms in total. The van der Waals surface area contributed by atoms with E-state index in [2.05, 4.69) is 13.8 Å². The second-order valence-electron chi connectivity index (χ2n) is 4.10. The Morgan fingerprint density at radius 2 is 1.93 bits per heavy atom. The summed E-state index contributed by atoms with van der Waals surface area (Å²) in [4.78, 5) is 11.6. The Hall–Kier alpha value is -0.370. The van der Waals surface area contributed by atoms with Crippen molar-refractivity contribution in [3.05, 3.63) is 0 Å². The van der Waals surface area contributed by atoms with E-state index in [0.717, 1.165) is 19.3 Å². The van der Waals surface area contributed by atoms with Crippen LogP contribution in [0.4, 0.5) is 0 Å². The lowest BCUT2D eigenvalue weighted by Crippen LogP contribution is -2.23. The van der Waals surface area contributed by atoms with E-state index in [1.165, 1.54) is 0 Å². The monoisotopic (exact) mass is 200 g/mol. The molecule has 0 aliphatic carbocycles. The van der Waals surface area contributed by atoms with Crippen molar-refractivity contribution < 1.29 is 9.53 Å². The van der Waals surface area contributed by atoms with E-state index in [-0.39, 0.29) is 11.9 Å². The maximum absolute atomic E-state index is 11.6. The van der Waals surface area contributed by atoms with Gasteiger partial charge in [-0.25, -0.2) is 0 Å². The molecule has 0 saturated heterocycles. The molecule has 0 aromatic rings. The number of ether oxygens (including phenoxy) is 1. The van der Waals surface area contributed by atoms with Gasteiger partial charge in [0.25, 0.3) is 0 Å². The Kier molecular flexibility index (Phi) is 7.77. The first-order valence-electron chi connectivity index (χ1n) is 5.76. The number of Topliss-reactive ketones (excluding diaryl/α,β-unsaturated/α-hetero) is 1. The number of ketones is 1. The van der Waals surface area contributed by atoms with Crippen molar-refractivity contribution in [3.63, 3.8) is 0 Å². The van der Waals surface area contributed by atoms with Crippen molar-refractivity contribution >= 4 is 5.78 Å². The third-order valence-corrected chi connectivity index (χ3v) is 2.30. The lowest BCUT2D eigenvalue weighted by molar-refractivity contribution is -0.130. The maximum atomic E-state index is 11.6. The summed E-state index contributed by atoms with van der Waals surface area (Å²) >= 11 is 0. The third kappa shape index (κ3) is 6.14. The van der Waals surface area contributed by atoms with Crippen LogP contribution in [0.2, 0.25) is 0 Å². The van der Waals surface area contributed by atoms with Gasteiger partial charge in [-0.05, 0) is 25.7 Å². The van der Waals surface area contributed by atoms with Crippen LogP contribution >= 0.6 is 0 Å². The van der Waals surface area contributed by atoms with Crippen LogP contribution in [0, 0.1) is 5.92 Å².